The third-order valence-corrected chi connectivity index (χ3v) is 8.17. The minimum atomic E-state index is -3.01. The SMILES string of the molecule is CC(C)c1ccc(N2CC(CS(C)(=O)=O)C2)c2cnc(Nc3ccnc(-c4cn(CC(O)CF)nc4Cl)n3)cc12. The van der Waals surface area contributed by atoms with Crippen molar-refractivity contribution in [2.24, 2.45) is 5.92 Å². The van der Waals surface area contributed by atoms with E-state index in [0.29, 0.717) is 36.1 Å². The summed E-state index contributed by atoms with van der Waals surface area (Å²) in [5, 5.41) is 19.2. The fraction of sp³-hybridized carbons (Fsp3) is 0.407. The third kappa shape index (κ3) is 6.18. The van der Waals surface area contributed by atoms with Crippen LogP contribution in [0.4, 0.5) is 21.7 Å². The normalized spacial score (nSPS) is 15.0. The first-order chi connectivity index (χ1) is 19.0. The van der Waals surface area contributed by atoms with Crippen LogP contribution >= 0.6 is 11.6 Å². The number of sulfone groups is 1. The number of aliphatic hydroxyl groups excluding tert-OH is 1. The molecule has 4 heterocycles. The van der Waals surface area contributed by atoms with Gasteiger partial charge in [0.15, 0.2) is 11.0 Å². The van der Waals surface area contributed by atoms with Gasteiger partial charge in [-0.3, -0.25) is 4.68 Å². The first-order valence-electron chi connectivity index (χ1n) is 12.9. The summed E-state index contributed by atoms with van der Waals surface area (Å²) < 4.78 is 37.4. The Balaban J connectivity index is 1.40. The maximum absolute atomic E-state index is 12.7. The molecule has 1 atom stereocenters. The molecule has 1 fully saturated rings. The van der Waals surface area contributed by atoms with Crippen molar-refractivity contribution in [2.45, 2.75) is 32.4 Å². The Hall–Kier alpha value is -3.35. The molecule has 0 saturated carbocycles. The van der Waals surface area contributed by atoms with Crippen LogP contribution in [0.15, 0.2) is 42.9 Å². The van der Waals surface area contributed by atoms with E-state index in [1.807, 2.05) is 12.3 Å². The quantitative estimate of drug-likeness (QED) is 0.280. The molecule has 1 unspecified atom stereocenters. The van der Waals surface area contributed by atoms with E-state index in [4.69, 9.17) is 11.6 Å². The molecule has 0 bridgehead atoms. The van der Waals surface area contributed by atoms with Gasteiger partial charge in [0.25, 0.3) is 0 Å². The van der Waals surface area contributed by atoms with Crippen LogP contribution in [0.5, 0.6) is 0 Å². The number of nitrogens with zero attached hydrogens (tertiary/aromatic N) is 6. The van der Waals surface area contributed by atoms with Gasteiger partial charge in [-0.05, 0) is 35.1 Å². The van der Waals surface area contributed by atoms with Crippen molar-refractivity contribution in [3.8, 4) is 11.4 Å². The summed E-state index contributed by atoms with van der Waals surface area (Å²) in [6.07, 6.45) is 5.10. The number of halogens is 2. The van der Waals surface area contributed by atoms with Crippen LogP contribution in [0, 0.1) is 5.92 Å². The van der Waals surface area contributed by atoms with E-state index in [1.165, 1.54) is 16.5 Å². The molecule has 0 spiro atoms. The lowest BCUT2D eigenvalue weighted by atomic mass is 9.93. The summed E-state index contributed by atoms with van der Waals surface area (Å²) >= 11 is 6.27. The first kappa shape index (κ1) is 28.2. The van der Waals surface area contributed by atoms with Crippen molar-refractivity contribution in [3.63, 3.8) is 0 Å². The highest BCUT2D eigenvalue weighted by Crippen LogP contribution is 2.37. The number of hydrogen-bond acceptors (Lipinski definition) is 9. The van der Waals surface area contributed by atoms with E-state index >= 15 is 0 Å². The Morgan fingerprint density at radius 3 is 2.65 bits per heavy atom. The van der Waals surface area contributed by atoms with Crippen LogP contribution in [-0.2, 0) is 16.4 Å². The lowest BCUT2D eigenvalue weighted by molar-refractivity contribution is 0.118. The van der Waals surface area contributed by atoms with Gasteiger partial charge in [0, 0.05) is 54.9 Å². The molecule has 2 N–H and O–H groups in total. The molecule has 1 aliphatic heterocycles. The van der Waals surface area contributed by atoms with E-state index in [-0.39, 0.29) is 29.3 Å². The minimum Gasteiger partial charge on any atom is -0.388 e. The predicted octanol–water partition coefficient (Wildman–Crippen LogP) is 4.22. The Kier molecular flexibility index (Phi) is 7.94. The minimum absolute atomic E-state index is 0.0366. The molecule has 3 aromatic heterocycles. The lowest BCUT2D eigenvalue weighted by Gasteiger charge is -2.41. The van der Waals surface area contributed by atoms with Gasteiger partial charge in [0.05, 0.1) is 17.9 Å². The molecule has 10 nitrogen and oxygen atoms in total. The van der Waals surface area contributed by atoms with Crippen LogP contribution in [0.1, 0.15) is 25.3 Å². The second-order valence-electron chi connectivity index (χ2n) is 10.6. The molecule has 1 aromatic carbocycles. The Bertz CT molecular complexity index is 1640. The summed E-state index contributed by atoms with van der Waals surface area (Å²) in [6, 6.07) is 7.92. The molecule has 4 aromatic rings. The van der Waals surface area contributed by atoms with Gasteiger partial charge in [-0.25, -0.2) is 27.8 Å². The van der Waals surface area contributed by atoms with Crippen LogP contribution in [0.2, 0.25) is 5.15 Å². The van der Waals surface area contributed by atoms with Crippen LogP contribution < -0.4 is 10.2 Å². The summed E-state index contributed by atoms with van der Waals surface area (Å²) in [4.78, 5) is 15.7. The van der Waals surface area contributed by atoms with Crippen LogP contribution in [-0.4, -0.2) is 76.1 Å². The van der Waals surface area contributed by atoms with E-state index in [0.717, 1.165) is 16.5 Å². The van der Waals surface area contributed by atoms with E-state index in [1.54, 1.807) is 18.5 Å². The van der Waals surface area contributed by atoms with Gasteiger partial charge >= 0.3 is 0 Å². The molecule has 0 amide bonds. The molecule has 212 valence electrons. The third-order valence-electron chi connectivity index (χ3n) is 6.82. The predicted molar refractivity (Wildman–Crippen MR) is 155 cm³/mol. The number of rotatable bonds is 10. The molecule has 0 aliphatic carbocycles. The van der Waals surface area contributed by atoms with Gasteiger partial charge < -0.3 is 15.3 Å². The Labute approximate surface area is 237 Å². The molecule has 1 aliphatic rings. The molecule has 1 saturated heterocycles. The van der Waals surface area contributed by atoms with Crippen molar-refractivity contribution in [1.29, 1.82) is 0 Å². The van der Waals surface area contributed by atoms with Crippen molar-refractivity contribution in [1.82, 2.24) is 24.7 Å². The van der Waals surface area contributed by atoms with Gasteiger partial charge in [0.2, 0.25) is 0 Å². The topological polar surface area (TPSA) is 126 Å². The fourth-order valence-electron chi connectivity index (χ4n) is 4.99. The average molecular weight is 588 g/mol. The highest BCUT2D eigenvalue weighted by molar-refractivity contribution is 7.90. The van der Waals surface area contributed by atoms with E-state index in [9.17, 15) is 17.9 Å². The van der Waals surface area contributed by atoms with E-state index < -0.39 is 22.6 Å². The van der Waals surface area contributed by atoms with Crippen molar-refractivity contribution < 1.29 is 17.9 Å². The highest BCUT2D eigenvalue weighted by Gasteiger charge is 2.31. The number of fused-ring (bicyclic) bond motifs is 1. The number of nitrogens with one attached hydrogen (secondary N) is 1. The van der Waals surface area contributed by atoms with Crippen molar-refractivity contribution >= 4 is 49.5 Å². The number of anilines is 3. The van der Waals surface area contributed by atoms with Gasteiger partial charge in [-0.2, -0.15) is 5.10 Å². The molecular weight excluding hydrogens is 557 g/mol. The lowest BCUT2D eigenvalue weighted by Crippen LogP contribution is -2.49. The van der Waals surface area contributed by atoms with Crippen molar-refractivity contribution in [3.05, 3.63) is 53.6 Å². The molecule has 0 radical (unpaired) electrons. The average Bonchev–Trinajstić information content (AvgIpc) is 3.24. The van der Waals surface area contributed by atoms with Crippen molar-refractivity contribution in [2.75, 3.05) is 42.0 Å². The number of aliphatic hydroxyl groups is 1. The zero-order valence-corrected chi connectivity index (χ0v) is 24.0. The largest absolute Gasteiger partial charge is 0.388 e. The maximum Gasteiger partial charge on any atom is 0.166 e. The number of benzene rings is 1. The Morgan fingerprint density at radius 2 is 1.95 bits per heavy atom. The molecule has 40 heavy (non-hydrogen) atoms. The Morgan fingerprint density at radius 1 is 1.18 bits per heavy atom. The van der Waals surface area contributed by atoms with Gasteiger partial charge in [-0.15, -0.1) is 0 Å². The first-order valence-corrected chi connectivity index (χ1v) is 15.4. The number of alkyl halides is 1. The number of pyridine rings is 1. The molecule has 13 heteroatoms. The standard InChI is InChI=1S/C27H31ClFN7O3S/c1-16(2)19-4-5-23(35-11-17(12-35)15-40(3,38)39)21-10-31-25(8-20(19)21)32-24-6-7-30-27(33-24)22-14-36(34-26(22)28)13-18(37)9-29/h4-8,10,14,16-18,37H,9,11-13,15H2,1-3H3,(H,30,31,32,33). The van der Waals surface area contributed by atoms with Crippen LogP contribution in [0.3, 0.4) is 0 Å². The van der Waals surface area contributed by atoms with Gasteiger partial charge in [0.1, 0.15) is 34.3 Å². The monoisotopic (exact) mass is 587 g/mol. The molecular formula is C27H31ClFN7O3S. The zero-order valence-electron chi connectivity index (χ0n) is 22.4. The smallest absolute Gasteiger partial charge is 0.166 e. The summed E-state index contributed by atoms with van der Waals surface area (Å²) in [5.41, 5.74) is 2.67. The number of hydrogen-bond donors (Lipinski definition) is 2. The summed E-state index contributed by atoms with van der Waals surface area (Å²) in [7, 11) is -3.01. The van der Waals surface area contributed by atoms with Crippen LogP contribution in [0.25, 0.3) is 22.2 Å². The highest BCUT2D eigenvalue weighted by atomic mass is 35.5. The zero-order chi connectivity index (χ0) is 28.6. The van der Waals surface area contributed by atoms with E-state index in [2.05, 4.69) is 56.2 Å². The van der Waals surface area contributed by atoms with Gasteiger partial charge in [-0.1, -0.05) is 31.5 Å². The number of aromatic nitrogens is 5. The summed E-state index contributed by atoms with van der Waals surface area (Å²) in [5.74, 6) is 2.03. The second-order valence-corrected chi connectivity index (χ2v) is 13.1. The second kappa shape index (κ2) is 11.3. The maximum atomic E-state index is 12.7. The molecule has 5 rings (SSSR count). The summed E-state index contributed by atoms with van der Waals surface area (Å²) in [6.45, 7) is 4.74. The fourth-order valence-corrected chi connectivity index (χ4v) is 6.29.